The molecule has 2 amide bonds. The summed E-state index contributed by atoms with van der Waals surface area (Å²) in [5.41, 5.74) is 0. The molecular formula is C14H24N6O. The number of nitrogens with zero attached hydrogens (tertiary/aromatic N) is 5. The molecule has 116 valence electrons. The van der Waals surface area contributed by atoms with Crippen LogP contribution in [0.3, 0.4) is 0 Å². The fraction of sp³-hybridized carbons (Fsp3) is 0.786. The maximum Gasteiger partial charge on any atom is 0.317 e. The van der Waals surface area contributed by atoms with Crippen LogP contribution < -0.4 is 5.32 Å². The molecule has 0 radical (unpaired) electrons. The van der Waals surface area contributed by atoms with Crippen molar-refractivity contribution in [3.05, 3.63) is 12.7 Å². The lowest BCUT2D eigenvalue weighted by atomic mass is 9.98. The van der Waals surface area contributed by atoms with E-state index in [1.807, 2.05) is 4.90 Å². The predicted octanol–water partition coefficient (Wildman–Crippen LogP) is 0.546. The Morgan fingerprint density at radius 2 is 2.24 bits per heavy atom. The second kappa shape index (κ2) is 6.43. The lowest BCUT2D eigenvalue weighted by molar-refractivity contribution is 0.0169. The van der Waals surface area contributed by atoms with Crippen LogP contribution in [0, 0.1) is 0 Å². The van der Waals surface area contributed by atoms with Crippen molar-refractivity contribution in [2.45, 2.75) is 44.8 Å². The molecular weight excluding hydrogens is 268 g/mol. The van der Waals surface area contributed by atoms with Crippen LogP contribution in [0.15, 0.2) is 12.7 Å². The van der Waals surface area contributed by atoms with E-state index in [-0.39, 0.29) is 6.03 Å². The van der Waals surface area contributed by atoms with Crippen molar-refractivity contribution in [2.75, 3.05) is 26.2 Å². The quantitative estimate of drug-likeness (QED) is 0.880. The van der Waals surface area contributed by atoms with Gasteiger partial charge in [-0.3, -0.25) is 9.58 Å². The Hall–Kier alpha value is -1.63. The summed E-state index contributed by atoms with van der Waals surface area (Å²) in [7, 11) is 0. The zero-order valence-electron chi connectivity index (χ0n) is 12.6. The van der Waals surface area contributed by atoms with Gasteiger partial charge >= 0.3 is 6.03 Å². The first kappa shape index (κ1) is 14.3. The van der Waals surface area contributed by atoms with Crippen molar-refractivity contribution in [3.63, 3.8) is 0 Å². The van der Waals surface area contributed by atoms with Crippen LogP contribution in [0.1, 0.15) is 26.2 Å². The Morgan fingerprint density at radius 1 is 1.38 bits per heavy atom. The molecule has 0 bridgehead atoms. The SMILES string of the molecule is CC1CCCCN1C1CN(C(=O)NCCn2cncn2)C1. The Morgan fingerprint density at radius 3 is 2.95 bits per heavy atom. The number of hydrogen-bond acceptors (Lipinski definition) is 4. The highest BCUT2D eigenvalue weighted by molar-refractivity contribution is 5.75. The molecule has 0 spiro atoms. The van der Waals surface area contributed by atoms with Crippen LogP contribution in [0.4, 0.5) is 4.79 Å². The van der Waals surface area contributed by atoms with Crippen molar-refractivity contribution in [1.29, 1.82) is 0 Å². The second-order valence-electron chi connectivity index (χ2n) is 6.03. The van der Waals surface area contributed by atoms with Gasteiger partial charge in [-0.1, -0.05) is 6.42 Å². The average Bonchev–Trinajstić information content (AvgIpc) is 2.92. The molecule has 0 aromatic carbocycles. The highest BCUT2D eigenvalue weighted by Crippen LogP contribution is 2.24. The van der Waals surface area contributed by atoms with Gasteiger partial charge in [0.1, 0.15) is 12.7 Å². The van der Waals surface area contributed by atoms with Crippen LogP contribution in [-0.4, -0.2) is 68.9 Å². The smallest absolute Gasteiger partial charge is 0.317 e. The van der Waals surface area contributed by atoms with Gasteiger partial charge in [0.05, 0.1) is 6.54 Å². The number of piperidine rings is 1. The topological polar surface area (TPSA) is 66.3 Å². The normalized spacial score (nSPS) is 23.9. The summed E-state index contributed by atoms with van der Waals surface area (Å²) in [6, 6.07) is 1.26. The zero-order valence-corrected chi connectivity index (χ0v) is 12.6. The lowest BCUT2D eigenvalue weighted by Gasteiger charge is -2.49. The van der Waals surface area contributed by atoms with E-state index in [0.717, 1.165) is 13.1 Å². The minimum absolute atomic E-state index is 0.0380. The summed E-state index contributed by atoms with van der Waals surface area (Å²) in [6.07, 6.45) is 7.09. The molecule has 1 aromatic heterocycles. The van der Waals surface area contributed by atoms with E-state index >= 15 is 0 Å². The second-order valence-corrected chi connectivity index (χ2v) is 6.03. The summed E-state index contributed by atoms with van der Waals surface area (Å²) >= 11 is 0. The summed E-state index contributed by atoms with van der Waals surface area (Å²) < 4.78 is 1.72. The molecule has 1 unspecified atom stereocenters. The summed E-state index contributed by atoms with van der Waals surface area (Å²) in [6.45, 7) is 6.46. The number of nitrogens with one attached hydrogen (secondary N) is 1. The third-order valence-electron chi connectivity index (χ3n) is 4.56. The maximum absolute atomic E-state index is 12.0. The average molecular weight is 292 g/mol. The zero-order chi connectivity index (χ0) is 14.7. The molecule has 1 N–H and O–H groups in total. The number of urea groups is 1. The molecule has 2 aliphatic rings. The van der Waals surface area contributed by atoms with E-state index in [2.05, 4.69) is 27.2 Å². The standard InChI is InChI=1S/C14H24N6O/c1-12-4-2-3-6-20(12)13-8-18(9-13)14(21)16-5-7-19-11-15-10-17-19/h10-13H,2-9H2,1H3,(H,16,21). The van der Waals surface area contributed by atoms with Gasteiger partial charge in [0.15, 0.2) is 0 Å². The predicted molar refractivity (Wildman–Crippen MR) is 78.8 cm³/mol. The molecule has 7 nitrogen and oxygen atoms in total. The highest BCUT2D eigenvalue weighted by atomic mass is 16.2. The van der Waals surface area contributed by atoms with E-state index in [9.17, 15) is 4.79 Å². The monoisotopic (exact) mass is 292 g/mol. The Balaban J connectivity index is 1.36. The van der Waals surface area contributed by atoms with Gasteiger partial charge in [0, 0.05) is 31.7 Å². The number of hydrogen-bond donors (Lipinski definition) is 1. The van der Waals surface area contributed by atoms with Gasteiger partial charge in [-0.2, -0.15) is 5.10 Å². The van der Waals surface area contributed by atoms with Crippen LogP contribution in [0.2, 0.25) is 0 Å². The van der Waals surface area contributed by atoms with Gasteiger partial charge < -0.3 is 10.2 Å². The number of aromatic nitrogens is 3. The van der Waals surface area contributed by atoms with E-state index in [1.54, 1.807) is 11.0 Å². The first-order chi connectivity index (χ1) is 10.2. The number of amides is 2. The third kappa shape index (κ3) is 3.34. The van der Waals surface area contributed by atoms with Crippen LogP contribution in [-0.2, 0) is 6.54 Å². The third-order valence-corrected chi connectivity index (χ3v) is 4.56. The fourth-order valence-corrected chi connectivity index (χ4v) is 3.23. The lowest BCUT2D eigenvalue weighted by Crippen LogP contribution is -2.65. The molecule has 1 aromatic rings. The van der Waals surface area contributed by atoms with Gasteiger partial charge in [0.2, 0.25) is 0 Å². The Labute approximate surface area is 125 Å². The molecule has 7 heteroatoms. The summed E-state index contributed by atoms with van der Waals surface area (Å²) in [4.78, 5) is 20.4. The van der Waals surface area contributed by atoms with Gasteiger partial charge in [-0.05, 0) is 26.3 Å². The molecule has 2 aliphatic heterocycles. The van der Waals surface area contributed by atoms with Crippen molar-refractivity contribution < 1.29 is 4.79 Å². The molecule has 3 heterocycles. The largest absolute Gasteiger partial charge is 0.336 e. The number of rotatable bonds is 4. The first-order valence-corrected chi connectivity index (χ1v) is 7.85. The van der Waals surface area contributed by atoms with Crippen LogP contribution in [0.5, 0.6) is 0 Å². The molecule has 3 rings (SSSR count). The number of likely N-dealkylation sites (tertiary alicyclic amines) is 2. The molecule has 21 heavy (non-hydrogen) atoms. The highest BCUT2D eigenvalue weighted by Gasteiger charge is 2.37. The first-order valence-electron chi connectivity index (χ1n) is 7.85. The van der Waals surface area contributed by atoms with E-state index in [0.29, 0.717) is 25.2 Å². The molecule has 0 saturated carbocycles. The van der Waals surface area contributed by atoms with Crippen molar-refractivity contribution in [3.8, 4) is 0 Å². The van der Waals surface area contributed by atoms with Crippen LogP contribution >= 0.6 is 0 Å². The van der Waals surface area contributed by atoms with E-state index in [1.165, 1.54) is 32.1 Å². The van der Waals surface area contributed by atoms with E-state index in [4.69, 9.17) is 0 Å². The summed E-state index contributed by atoms with van der Waals surface area (Å²) in [5.74, 6) is 0. The fourth-order valence-electron chi connectivity index (χ4n) is 3.23. The van der Waals surface area contributed by atoms with Crippen molar-refractivity contribution >= 4 is 6.03 Å². The van der Waals surface area contributed by atoms with Gasteiger partial charge in [0.25, 0.3) is 0 Å². The number of carbonyl (C=O) groups excluding carboxylic acids is 1. The van der Waals surface area contributed by atoms with E-state index < -0.39 is 0 Å². The van der Waals surface area contributed by atoms with Crippen LogP contribution in [0.25, 0.3) is 0 Å². The van der Waals surface area contributed by atoms with Crippen molar-refractivity contribution in [2.24, 2.45) is 0 Å². The minimum Gasteiger partial charge on any atom is -0.336 e. The van der Waals surface area contributed by atoms with Gasteiger partial charge in [-0.15, -0.1) is 0 Å². The Bertz CT molecular complexity index is 456. The molecule has 2 saturated heterocycles. The minimum atomic E-state index is 0.0380. The molecule has 0 aliphatic carbocycles. The number of carbonyl (C=O) groups is 1. The Kier molecular flexibility index (Phi) is 4.38. The summed E-state index contributed by atoms with van der Waals surface area (Å²) in [5, 5.41) is 6.95. The molecule has 2 fully saturated rings. The maximum atomic E-state index is 12.0. The van der Waals surface area contributed by atoms with Gasteiger partial charge in [-0.25, -0.2) is 9.78 Å². The molecule has 1 atom stereocenters. The van der Waals surface area contributed by atoms with Crippen molar-refractivity contribution in [1.82, 2.24) is 29.9 Å².